The topological polar surface area (TPSA) is 55.1 Å². The fraction of sp³-hybridized carbons (Fsp3) is 0.0667. The highest BCUT2D eigenvalue weighted by molar-refractivity contribution is 7.80. The molecular formula is C15H12Cl2N2OS. The van der Waals surface area contributed by atoms with Crippen molar-refractivity contribution in [3.63, 3.8) is 0 Å². The zero-order valence-electron chi connectivity index (χ0n) is 10.8. The third kappa shape index (κ3) is 3.94. The molecule has 2 aromatic rings. The van der Waals surface area contributed by atoms with Crippen LogP contribution < -0.4 is 11.1 Å². The van der Waals surface area contributed by atoms with Gasteiger partial charge in [0.15, 0.2) is 0 Å². The van der Waals surface area contributed by atoms with E-state index in [2.05, 4.69) is 5.32 Å². The van der Waals surface area contributed by atoms with Crippen molar-refractivity contribution >= 4 is 46.3 Å². The summed E-state index contributed by atoms with van der Waals surface area (Å²) in [5.74, 6) is -0.385. The molecule has 0 saturated heterocycles. The summed E-state index contributed by atoms with van der Waals surface area (Å²) in [5, 5.41) is 3.51. The van der Waals surface area contributed by atoms with E-state index in [1.807, 2.05) is 30.3 Å². The van der Waals surface area contributed by atoms with Crippen LogP contribution in [0.25, 0.3) is 0 Å². The summed E-state index contributed by atoms with van der Waals surface area (Å²) in [7, 11) is 0. The first kappa shape index (κ1) is 15.8. The van der Waals surface area contributed by atoms with E-state index in [0.29, 0.717) is 10.0 Å². The largest absolute Gasteiger partial charge is 0.391 e. The molecule has 0 radical (unpaired) electrons. The standard InChI is InChI=1S/C15H12Cl2N2OS/c16-10-6-7-12(17)11(8-10)15(20)19-13(14(18)21)9-4-2-1-3-5-9/h1-8,13H,(H2,18,21)(H,19,20). The number of nitrogens with one attached hydrogen (secondary N) is 1. The second-order valence-corrected chi connectivity index (χ2v) is 5.66. The van der Waals surface area contributed by atoms with Gasteiger partial charge in [0.2, 0.25) is 0 Å². The zero-order chi connectivity index (χ0) is 15.4. The molecular weight excluding hydrogens is 327 g/mol. The summed E-state index contributed by atoms with van der Waals surface area (Å²) in [6, 6.07) is 13.4. The van der Waals surface area contributed by atoms with Gasteiger partial charge in [-0.2, -0.15) is 0 Å². The highest BCUT2D eigenvalue weighted by atomic mass is 35.5. The molecule has 1 unspecified atom stereocenters. The Bertz CT molecular complexity index is 677. The minimum atomic E-state index is -0.566. The average molecular weight is 339 g/mol. The molecule has 0 aliphatic rings. The Hall–Kier alpha value is -1.62. The summed E-state index contributed by atoms with van der Waals surface area (Å²) in [5.41, 5.74) is 6.80. The fourth-order valence-electron chi connectivity index (χ4n) is 1.84. The number of hydrogen-bond donors (Lipinski definition) is 2. The number of nitrogens with two attached hydrogens (primary N) is 1. The smallest absolute Gasteiger partial charge is 0.253 e. The Morgan fingerprint density at radius 1 is 1.14 bits per heavy atom. The highest BCUT2D eigenvalue weighted by Crippen LogP contribution is 2.22. The van der Waals surface area contributed by atoms with Gasteiger partial charge in [-0.05, 0) is 23.8 Å². The van der Waals surface area contributed by atoms with Gasteiger partial charge in [-0.25, -0.2) is 0 Å². The SMILES string of the molecule is NC(=S)C(NC(=O)c1cc(Cl)ccc1Cl)c1ccccc1. The highest BCUT2D eigenvalue weighted by Gasteiger charge is 2.19. The van der Waals surface area contributed by atoms with E-state index in [-0.39, 0.29) is 16.5 Å². The molecule has 0 aliphatic heterocycles. The second-order valence-electron chi connectivity index (χ2n) is 4.34. The molecule has 2 aromatic carbocycles. The molecule has 0 fully saturated rings. The number of rotatable bonds is 4. The van der Waals surface area contributed by atoms with Crippen LogP contribution >= 0.6 is 35.4 Å². The lowest BCUT2D eigenvalue weighted by Gasteiger charge is -2.18. The molecule has 0 spiro atoms. The van der Waals surface area contributed by atoms with E-state index in [4.69, 9.17) is 41.2 Å². The minimum Gasteiger partial charge on any atom is -0.391 e. The Labute approximate surface area is 138 Å². The lowest BCUT2D eigenvalue weighted by Crippen LogP contribution is -2.36. The van der Waals surface area contributed by atoms with Crippen molar-refractivity contribution < 1.29 is 4.79 Å². The molecule has 0 aromatic heterocycles. The minimum absolute atomic E-state index is 0.174. The third-order valence-electron chi connectivity index (χ3n) is 2.87. The predicted molar refractivity (Wildman–Crippen MR) is 89.9 cm³/mol. The van der Waals surface area contributed by atoms with Crippen molar-refractivity contribution in [2.75, 3.05) is 0 Å². The normalized spacial score (nSPS) is 11.7. The van der Waals surface area contributed by atoms with Crippen LogP contribution in [0.15, 0.2) is 48.5 Å². The Balaban J connectivity index is 2.27. The van der Waals surface area contributed by atoms with Crippen molar-refractivity contribution in [3.05, 3.63) is 69.7 Å². The lowest BCUT2D eigenvalue weighted by atomic mass is 10.1. The summed E-state index contributed by atoms with van der Waals surface area (Å²) >= 11 is 16.9. The van der Waals surface area contributed by atoms with Crippen molar-refractivity contribution in [3.8, 4) is 0 Å². The molecule has 1 amide bonds. The summed E-state index contributed by atoms with van der Waals surface area (Å²) < 4.78 is 0. The van der Waals surface area contributed by atoms with Crippen LogP contribution in [-0.4, -0.2) is 10.9 Å². The van der Waals surface area contributed by atoms with Gasteiger partial charge in [0.05, 0.1) is 10.6 Å². The third-order valence-corrected chi connectivity index (χ3v) is 3.67. The monoisotopic (exact) mass is 338 g/mol. The lowest BCUT2D eigenvalue weighted by molar-refractivity contribution is 0.0947. The first-order chi connectivity index (χ1) is 9.99. The van der Waals surface area contributed by atoms with Crippen molar-refractivity contribution in [1.82, 2.24) is 5.32 Å². The van der Waals surface area contributed by atoms with E-state index < -0.39 is 6.04 Å². The van der Waals surface area contributed by atoms with Crippen LogP contribution in [-0.2, 0) is 0 Å². The van der Waals surface area contributed by atoms with Gasteiger partial charge in [-0.3, -0.25) is 4.79 Å². The van der Waals surface area contributed by atoms with E-state index in [1.54, 1.807) is 12.1 Å². The molecule has 0 bridgehead atoms. The van der Waals surface area contributed by atoms with Crippen molar-refractivity contribution in [2.45, 2.75) is 6.04 Å². The Morgan fingerprint density at radius 3 is 2.43 bits per heavy atom. The molecule has 6 heteroatoms. The van der Waals surface area contributed by atoms with E-state index in [0.717, 1.165) is 5.56 Å². The maximum absolute atomic E-state index is 12.3. The van der Waals surface area contributed by atoms with Gasteiger partial charge in [0, 0.05) is 5.02 Å². The van der Waals surface area contributed by atoms with E-state index in [1.165, 1.54) is 6.07 Å². The van der Waals surface area contributed by atoms with Gasteiger partial charge >= 0.3 is 0 Å². The molecule has 3 N–H and O–H groups in total. The molecule has 2 rings (SSSR count). The molecule has 3 nitrogen and oxygen atoms in total. The number of amides is 1. The summed E-state index contributed by atoms with van der Waals surface area (Å²) in [6.45, 7) is 0. The number of carbonyl (C=O) groups is 1. The van der Waals surface area contributed by atoms with Crippen LogP contribution in [0, 0.1) is 0 Å². The zero-order valence-corrected chi connectivity index (χ0v) is 13.2. The van der Waals surface area contributed by atoms with Gasteiger partial charge in [0.1, 0.15) is 11.0 Å². The number of halogens is 2. The van der Waals surface area contributed by atoms with Crippen molar-refractivity contribution in [1.29, 1.82) is 0 Å². The number of benzene rings is 2. The van der Waals surface area contributed by atoms with Gasteiger partial charge in [0.25, 0.3) is 5.91 Å². The van der Waals surface area contributed by atoms with Gasteiger partial charge < -0.3 is 11.1 Å². The molecule has 108 valence electrons. The quantitative estimate of drug-likeness (QED) is 0.834. The van der Waals surface area contributed by atoms with Gasteiger partial charge in [-0.15, -0.1) is 0 Å². The predicted octanol–water partition coefficient (Wildman–Crippen LogP) is 3.75. The van der Waals surface area contributed by atoms with Crippen molar-refractivity contribution in [2.24, 2.45) is 5.73 Å². The van der Waals surface area contributed by atoms with Gasteiger partial charge in [-0.1, -0.05) is 65.8 Å². The first-order valence-electron chi connectivity index (χ1n) is 6.09. The Kier molecular flexibility index (Phi) is 5.17. The molecule has 21 heavy (non-hydrogen) atoms. The Morgan fingerprint density at radius 2 is 1.81 bits per heavy atom. The van der Waals surface area contributed by atoms with E-state index >= 15 is 0 Å². The number of hydrogen-bond acceptors (Lipinski definition) is 2. The maximum Gasteiger partial charge on any atom is 0.253 e. The van der Waals surface area contributed by atoms with Crippen LogP contribution in [0.4, 0.5) is 0 Å². The molecule has 1 atom stereocenters. The van der Waals surface area contributed by atoms with E-state index in [9.17, 15) is 4.79 Å². The average Bonchev–Trinajstić information content (AvgIpc) is 2.47. The molecule has 0 aliphatic carbocycles. The van der Waals surface area contributed by atoms with Crippen LogP contribution in [0.1, 0.15) is 22.0 Å². The molecule has 0 heterocycles. The summed E-state index contributed by atoms with van der Waals surface area (Å²) in [4.78, 5) is 12.5. The van der Waals surface area contributed by atoms with Crippen LogP contribution in [0.3, 0.4) is 0 Å². The fourth-order valence-corrected chi connectivity index (χ4v) is 2.42. The number of carbonyl (C=O) groups excluding carboxylic acids is 1. The second kappa shape index (κ2) is 6.89. The first-order valence-corrected chi connectivity index (χ1v) is 7.25. The summed E-state index contributed by atoms with van der Waals surface area (Å²) in [6.07, 6.45) is 0. The van der Waals surface area contributed by atoms with Crippen LogP contribution in [0.2, 0.25) is 10.0 Å². The number of thiocarbonyl (C=S) groups is 1. The molecule has 0 saturated carbocycles. The maximum atomic E-state index is 12.3. The van der Waals surface area contributed by atoms with Crippen LogP contribution in [0.5, 0.6) is 0 Å².